The Kier molecular flexibility index (Phi) is 31.7. The lowest BCUT2D eigenvalue weighted by molar-refractivity contribution is -0.153. The molecule has 1 N–H and O–H groups in total. The first-order valence-electron chi connectivity index (χ1n) is 17.8. The Labute approximate surface area is 255 Å². The van der Waals surface area contributed by atoms with Gasteiger partial charge in [0, 0.05) is 6.42 Å². The number of carboxylic acids is 1. The summed E-state index contributed by atoms with van der Waals surface area (Å²) in [5, 5.41) is 9.22. The van der Waals surface area contributed by atoms with E-state index in [0.717, 1.165) is 38.5 Å². The molecule has 0 spiro atoms. The van der Waals surface area contributed by atoms with E-state index in [4.69, 9.17) is 4.74 Å². The van der Waals surface area contributed by atoms with E-state index >= 15 is 0 Å². The van der Waals surface area contributed by atoms with Gasteiger partial charge in [-0.15, -0.1) is 0 Å². The number of rotatable bonds is 32. The predicted molar refractivity (Wildman–Crippen MR) is 176 cm³/mol. The van der Waals surface area contributed by atoms with Crippen LogP contribution in [0.15, 0.2) is 24.3 Å². The molecule has 4 heteroatoms. The highest BCUT2D eigenvalue weighted by Crippen LogP contribution is 2.16. The monoisotopic (exact) mass is 577 g/mol. The Morgan fingerprint density at radius 1 is 0.561 bits per heavy atom. The summed E-state index contributed by atoms with van der Waals surface area (Å²) >= 11 is 0. The van der Waals surface area contributed by atoms with Crippen LogP contribution in [-0.4, -0.2) is 23.1 Å². The van der Waals surface area contributed by atoms with Crippen molar-refractivity contribution in [2.45, 2.75) is 200 Å². The molecule has 0 aliphatic heterocycles. The molecule has 0 saturated heterocycles. The maximum absolute atomic E-state index is 12.3. The lowest BCUT2D eigenvalue weighted by atomic mass is 10.0. The van der Waals surface area contributed by atoms with Gasteiger partial charge in [0.1, 0.15) is 6.10 Å². The average Bonchev–Trinajstić information content (AvgIpc) is 2.95. The van der Waals surface area contributed by atoms with Crippen molar-refractivity contribution in [3.63, 3.8) is 0 Å². The molecule has 1 unspecified atom stereocenters. The highest BCUT2D eigenvalue weighted by molar-refractivity contribution is 5.71. The van der Waals surface area contributed by atoms with Crippen LogP contribution in [0.25, 0.3) is 0 Å². The van der Waals surface area contributed by atoms with E-state index < -0.39 is 12.1 Å². The van der Waals surface area contributed by atoms with E-state index in [1.165, 1.54) is 122 Å². The standard InChI is InChI=1S/C37H68O4/c1-3-5-7-9-11-13-15-17-18-19-20-21-23-25-27-29-31-33-37(40)41-35(34-36(38)39)32-30-28-26-24-22-16-14-12-10-8-6-4-2/h11,13,17-18,35H,3-10,12,14-16,19-34H2,1-2H3,(H,38,39)/b13-11-,18-17-. The molecule has 4 nitrogen and oxygen atoms in total. The second-order valence-corrected chi connectivity index (χ2v) is 12.1. The van der Waals surface area contributed by atoms with Crippen molar-refractivity contribution in [3.8, 4) is 0 Å². The molecule has 0 rings (SSSR count). The summed E-state index contributed by atoms with van der Waals surface area (Å²) in [5.74, 6) is -1.11. The number of carbonyl (C=O) groups excluding carboxylic acids is 1. The summed E-state index contributed by atoms with van der Waals surface area (Å²) in [6.45, 7) is 4.50. The molecule has 0 saturated carbocycles. The Morgan fingerprint density at radius 2 is 0.976 bits per heavy atom. The molecule has 0 amide bonds. The minimum Gasteiger partial charge on any atom is -0.481 e. The van der Waals surface area contributed by atoms with Crippen molar-refractivity contribution in [1.82, 2.24) is 0 Å². The molecule has 0 fully saturated rings. The molecule has 0 aliphatic rings. The molecule has 0 heterocycles. The van der Waals surface area contributed by atoms with Crippen molar-refractivity contribution in [2.24, 2.45) is 0 Å². The number of carboxylic acid groups (broad SMARTS) is 1. The molecule has 0 radical (unpaired) electrons. The van der Waals surface area contributed by atoms with Crippen LogP contribution in [0.3, 0.4) is 0 Å². The summed E-state index contributed by atoms with van der Waals surface area (Å²) in [7, 11) is 0. The smallest absolute Gasteiger partial charge is 0.307 e. The van der Waals surface area contributed by atoms with E-state index in [-0.39, 0.29) is 12.4 Å². The first-order chi connectivity index (χ1) is 20.1. The molecular formula is C37H68O4. The molecule has 0 aromatic heterocycles. The highest BCUT2D eigenvalue weighted by Gasteiger charge is 2.17. The zero-order valence-electron chi connectivity index (χ0n) is 27.4. The SMILES string of the molecule is CCCCC/C=C\C/C=C\CCCCCCCCCC(=O)OC(CCCCCCCCCCCCCC)CC(=O)O. The quantitative estimate of drug-likeness (QED) is 0.0491. The molecular weight excluding hydrogens is 508 g/mol. The largest absolute Gasteiger partial charge is 0.481 e. The maximum atomic E-state index is 12.3. The summed E-state index contributed by atoms with van der Waals surface area (Å²) in [5.41, 5.74) is 0. The summed E-state index contributed by atoms with van der Waals surface area (Å²) in [4.78, 5) is 23.5. The summed E-state index contributed by atoms with van der Waals surface area (Å²) < 4.78 is 5.56. The topological polar surface area (TPSA) is 63.6 Å². The number of hydrogen-bond acceptors (Lipinski definition) is 3. The molecule has 1 atom stereocenters. The van der Waals surface area contributed by atoms with Gasteiger partial charge < -0.3 is 9.84 Å². The van der Waals surface area contributed by atoms with E-state index in [2.05, 4.69) is 38.2 Å². The van der Waals surface area contributed by atoms with E-state index in [0.29, 0.717) is 12.8 Å². The van der Waals surface area contributed by atoms with Crippen molar-refractivity contribution in [1.29, 1.82) is 0 Å². The third-order valence-electron chi connectivity index (χ3n) is 7.91. The number of allylic oxidation sites excluding steroid dienone is 4. The van der Waals surface area contributed by atoms with E-state index in [1.54, 1.807) is 0 Å². The van der Waals surface area contributed by atoms with Gasteiger partial charge in [-0.05, 0) is 51.4 Å². The molecule has 41 heavy (non-hydrogen) atoms. The molecule has 0 aromatic rings. The van der Waals surface area contributed by atoms with E-state index in [1.807, 2.05) is 0 Å². The van der Waals surface area contributed by atoms with Gasteiger partial charge in [-0.1, -0.05) is 154 Å². The Morgan fingerprint density at radius 3 is 1.49 bits per heavy atom. The zero-order valence-corrected chi connectivity index (χ0v) is 27.4. The Hall–Kier alpha value is -1.58. The second kappa shape index (κ2) is 32.9. The molecule has 0 aliphatic carbocycles. The lowest BCUT2D eigenvalue weighted by Gasteiger charge is -2.16. The number of hydrogen-bond donors (Lipinski definition) is 1. The number of esters is 1. The first kappa shape index (κ1) is 39.4. The third-order valence-corrected chi connectivity index (χ3v) is 7.91. The maximum Gasteiger partial charge on any atom is 0.307 e. The van der Waals surface area contributed by atoms with Crippen molar-refractivity contribution >= 4 is 11.9 Å². The fourth-order valence-electron chi connectivity index (χ4n) is 5.29. The molecule has 0 bridgehead atoms. The van der Waals surface area contributed by atoms with Crippen LogP contribution in [0, 0.1) is 0 Å². The van der Waals surface area contributed by atoms with Gasteiger partial charge in [-0.2, -0.15) is 0 Å². The van der Waals surface area contributed by atoms with Gasteiger partial charge in [-0.3, -0.25) is 9.59 Å². The predicted octanol–water partition coefficient (Wildman–Crippen LogP) is 12.1. The molecule has 0 aromatic carbocycles. The third kappa shape index (κ3) is 32.8. The fourth-order valence-corrected chi connectivity index (χ4v) is 5.29. The molecule has 240 valence electrons. The normalized spacial score (nSPS) is 12.4. The van der Waals surface area contributed by atoms with Crippen LogP contribution in [0.5, 0.6) is 0 Å². The van der Waals surface area contributed by atoms with Crippen LogP contribution in [0.1, 0.15) is 194 Å². The Balaban J connectivity index is 3.67. The van der Waals surface area contributed by atoms with Gasteiger partial charge in [0.15, 0.2) is 0 Å². The number of carbonyl (C=O) groups is 2. The van der Waals surface area contributed by atoms with Gasteiger partial charge >= 0.3 is 11.9 Å². The van der Waals surface area contributed by atoms with Gasteiger partial charge in [-0.25, -0.2) is 0 Å². The lowest BCUT2D eigenvalue weighted by Crippen LogP contribution is -2.21. The van der Waals surface area contributed by atoms with Crippen LogP contribution in [0.2, 0.25) is 0 Å². The van der Waals surface area contributed by atoms with Crippen LogP contribution in [0.4, 0.5) is 0 Å². The van der Waals surface area contributed by atoms with Crippen LogP contribution < -0.4 is 0 Å². The zero-order chi connectivity index (χ0) is 30.1. The van der Waals surface area contributed by atoms with Crippen LogP contribution in [-0.2, 0) is 14.3 Å². The highest BCUT2D eigenvalue weighted by atomic mass is 16.5. The van der Waals surface area contributed by atoms with Crippen LogP contribution >= 0.6 is 0 Å². The van der Waals surface area contributed by atoms with Gasteiger partial charge in [0.05, 0.1) is 6.42 Å². The van der Waals surface area contributed by atoms with Gasteiger partial charge in [0.2, 0.25) is 0 Å². The first-order valence-corrected chi connectivity index (χ1v) is 17.8. The number of ether oxygens (including phenoxy) is 1. The Bertz CT molecular complexity index is 624. The minimum absolute atomic E-state index is 0.0747. The second-order valence-electron chi connectivity index (χ2n) is 12.1. The summed E-state index contributed by atoms with van der Waals surface area (Å²) in [6.07, 6.45) is 40.5. The van der Waals surface area contributed by atoms with Crippen molar-refractivity contribution in [2.75, 3.05) is 0 Å². The van der Waals surface area contributed by atoms with Crippen molar-refractivity contribution < 1.29 is 19.4 Å². The number of aliphatic carboxylic acids is 1. The average molecular weight is 577 g/mol. The fraction of sp³-hybridized carbons (Fsp3) is 0.838. The minimum atomic E-state index is -0.883. The number of unbranched alkanes of at least 4 members (excludes halogenated alkanes) is 21. The van der Waals surface area contributed by atoms with E-state index in [9.17, 15) is 14.7 Å². The van der Waals surface area contributed by atoms with Gasteiger partial charge in [0.25, 0.3) is 0 Å². The summed E-state index contributed by atoms with van der Waals surface area (Å²) in [6, 6.07) is 0. The van der Waals surface area contributed by atoms with Crippen molar-refractivity contribution in [3.05, 3.63) is 24.3 Å².